The fraction of sp³-hybridized carbons (Fsp3) is 0.333. The van der Waals surface area contributed by atoms with E-state index < -0.39 is 5.54 Å². The zero-order valence-electron chi connectivity index (χ0n) is 18.7. The zero-order chi connectivity index (χ0) is 23.7. The summed E-state index contributed by atoms with van der Waals surface area (Å²) in [6, 6.07) is 9.12. The van der Waals surface area contributed by atoms with Crippen molar-refractivity contribution in [1.82, 2.24) is 15.5 Å². The largest absolute Gasteiger partial charge is 0.472 e. The van der Waals surface area contributed by atoms with Crippen molar-refractivity contribution < 1.29 is 18.8 Å². The Bertz CT molecular complexity index is 1270. The average molecular weight is 480 g/mol. The molecule has 3 N–H and O–H groups in total. The minimum absolute atomic E-state index is 0.113. The van der Waals surface area contributed by atoms with E-state index in [-0.39, 0.29) is 17.8 Å². The van der Waals surface area contributed by atoms with Gasteiger partial charge in [0.25, 0.3) is 11.8 Å². The van der Waals surface area contributed by atoms with Crippen molar-refractivity contribution in [3.8, 4) is 0 Å². The molecule has 2 aliphatic heterocycles. The van der Waals surface area contributed by atoms with Crippen LogP contribution < -0.4 is 16.0 Å². The minimum Gasteiger partial charge on any atom is -0.472 e. The first-order chi connectivity index (χ1) is 16.5. The molecule has 0 bridgehead atoms. The van der Waals surface area contributed by atoms with Gasteiger partial charge in [-0.25, -0.2) is 4.79 Å². The number of benzene rings is 1. The smallest absolute Gasteiger partial charge is 0.319 e. The molecule has 0 unspecified atom stereocenters. The number of aliphatic imine (C=N–C) groups is 1. The van der Waals surface area contributed by atoms with Crippen LogP contribution in [0.5, 0.6) is 0 Å². The Balaban J connectivity index is 1.35. The van der Waals surface area contributed by atoms with E-state index in [0.717, 1.165) is 15.6 Å². The SMILES string of the molecule is CCNC(=O)Nc1sc2ccccc2c1C(=O)N1CCC2(CC1)N=C(Cc1ccoc1)NC2=O. The van der Waals surface area contributed by atoms with Gasteiger partial charge in [0.15, 0.2) is 0 Å². The number of furan rings is 1. The fourth-order valence-corrected chi connectivity index (χ4v) is 5.57. The summed E-state index contributed by atoms with van der Waals surface area (Å²) >= 11 is 1.38. The molecule has 0 radical (unpaired) electrons. The maximum atomic E-state index is 13.6. The van der Waals surface area contributed by atoms with Gasteiger partial charge in [-0.15, -0.1) is 11.3 Å². The van der Waals surface area contributed by atoms with E-state index in [9.17, 15) is 14.4 Å². The molecule has 2 aliphatic rings. The minimum atomic E-state index is -0.839. The van der Waals surface area contributed by atoms with Crippen LogP contribution in [-0.2, 0) is 11.2 Å². The van der Waals surface area contributed by atoms with Gasteiger partial charge in [-0.3, -0.25) is 19.9 Å². The molecule has 0 atom stereocenters. The number of amides is 4. The number of nitrogens with zero attached hydrogens (tertiary/aromatic N) is 2. The number of hydrogen-bond donors (Lipinski definition) is 3. The highest BCUT2D eigenvalue weighted by atomic mass is 32.1. The summed E-state index contributed by atoms with van der Waals surface area (Å²) in [6.07, 6.45) is 4.62. The average Bonchev–Trinajstić information content (AvgIpc) is 3.53. The van der Waals surface area contributed by atoms with Crippen LogP contribution in [0, 0.1) is 0 Å². The van der Waals surface area contributed by atoms with E-state index in [2.05, 4.69) is 16.0 Å². The first-order valence-corrected chi connectivity index (χ1v) is 12.1. The number of rotatable bonds is 5. The standard InChI is InChI=1S/C24H25N5O4S/c1-2-25-23(32)27-20-19(16-5-3-4-6-17(16)34-20)21(30)29-10-8-24(9-11-29)22(31)26-18(28-24)13-15-7-12-33-14-15/h3-7,12,14H,2,8-11,13H2,1H3,(H2,25,27,32)(H,26,28,31). The fourth-order valence-electron chi connectivity index (χ4n) is 4.49. The number of fused-ring (bicyclic) bond motifs is 1. The predicted octanol–water partition coefficient (Wildman–Crippen LogP) is 3.38. The maximum absolute atomic E-state index is 13.6. The van der Waals surface area contributed by atoms with Crippen LogP contribution in [0.3, 0.4) is 0 Å². The summed E-state index contributed by atoms with van der Waals surface area (Å²) in [7, 11) is 0. The van der Waals surface area contributed by atoms with Crippen LogP contribution in [-0.4, -0.2) is 53.8 Å². The van der Waals surface area contributed by atoms with Gasteiger partial charge in [0.1, 0.15) is 16.4 Å². The lowest BCUT2D eigenvalue weighted by molar-refractivity contribution is -0.125. The number of anilines is 1. The Hall–Kier alpha value is -3.66. The van der Waals surface area contributed by atoms with Gasteiger partial charge in [0.2, 0.25) is 0 Å². The molecule has 4 heterocycles. The molecular formula is C24H25N5O4S. The normalized spacial score (nSPS) is 17.0. The number of amidine groups is 1. The number of carbonyl (C=O) groups is 3. The second-order valence-corrected chi connectivity index (χ2v) is 9.48. The molecule has 4 amide bonds. The van der Waals surface area contributed by atoms with E-state index in [1.807, 2.05) is 37.3 Å². The first kappa shape index (κ1) is 22.1. The van der Waals surface area contributed by atoms with Crippen LogP contribution in [0.15, 0.2) is 52.3 Å². The van der Waals surface area contributed by atoms with Crippen LogP contribution in [0.2, 0.25) is 0 Å². The number of nitrogens with one attached hydrogen (secondary N) is 3. The number of likely N-dealkylation sites (tertiary alicyclic amines) is 1. The van der Waals surface area contributed by atoms with Crippen molar-refractivity contribution in [2.45, 2.75) is 31.7 Å². The van der Waals surface area contributed by atoms with E-state index in [1.54, 1.807) is 17.4 Å². The summed E-state index contributed by atoms with van der Waals surface area (Å²) in [5.41, 5.74) is 0.595. The van der Waals surface area contributed by atoms with Gasteiger partial charge in [-0.2, -0.15) is 0 Å². The van der Waals surface area contributed by atoms with Crippen molar-refractivity contribution in [2.75, 3.05) is 25.0 Å². The lowest BCUT2D eigenvalue weighted by Crippen LogP contribution is -2.50. The third kappa shape index (κ3) is 4.05. The highest BCUT2D eigenvalue weighted by molar-refractivity contribution is 7.23. The number of hydrogen-bond acceptors (Lipinski definition) is 6. The van der Waals surface area contributed by atoms with E-state index in [0.29, 0.717) is 55.3 Å². The zero-order valence-corrected chi connectivity index (χ0v) is 19.5. The first-order valence-electron chi connectivity index (χ1n) is 11.3. The summed E-state index contributed by atoms with van der Waals surface area (Å²) < 4.78 is 6.03. The monoisotopic (exact) mass is 479 g/mol. The molecule has 3 aromatic rings. The lowest BCUT2D eigenvalue weighted by Gasteiger charge is -2.35. The number of carbonyl (C=O) groups excluding carboxylic acids is 3. The van der Waals surface area contributed by atoms with Crippen LogP contribution in [0.25, 0.3) is 10.1 Å². The van der Waals surface area contributed by atoms with Crippen LogP contribution in [0.1, 0.15) is 35.7 Å². The molecule has 1 saturated heterocycles. The molecule has 0 saturated carbocycles. The highest BCUT2D eigenvalue weighted by Crippen LogP contribution is 2.38. The van der Waals surface area contributed by atoms with E-state index in [1.165, 1.54) is 11.3 Å². The van der Waals surface area contributed by atoms with Crippen molar-refractivity contribution in [2.24, 2.45) is 4.99 Å². The summed E-state index contributed by atoms with van der Waals surface area (Å²) in [5, 5.41) is 9.78. The summed E-state index contributed by atoms with van der Waals surface area (Å²) in [6.45, 7) is 3.13. The molecular weight excluding hydrogens is 454 g/mol. The Labute approximate surface area is 200 Å². The van der Waals surface area contributed by atoms with Gasteiger partial charge in [0, 0.05) is 36.1 Å². The molecule has 10 heteroatoms. The van der Waals surface area contributed by atoms with Crippen molar-refractivity contribution in [1.29, 1.82) is 0 Å². The highest BCUT2D eigenvalue weighted by Gasteiger charge is 2.46. The quantitative estimate of drug-likeness (QED) is 0.520. The Kier molecular flexibility index (Phi) is 5.82. The summed E-state index contributed by atoms with van der Waals surface area (Å²) in [5.74, 6) is 0.362. The van der Waals surface area contributed by atoms with Gasteiger partial charge < -0.3 is 20.0 Å². The van der Waals surface area contributed by atoms with Gasteiger partial charge in [0.05, 0.1) is 18.1 Å². The Morgan fingerprint density at radius 2 is 2.03 bits per heavy atom. The van der Waals surface area contributed by atoms with Gasteiger partial charge in [-0.1, -0.05) is 18.2 Å². The molecule has 1 fully saturated rings. The van der Waals surface area contributed by atoms with Crippen molar-refractivity contribution in [3.05, 3.63) is 54.0 Å². The molecule has 9 nitrogen and oxygen atoms in total. The molecule has 5 rings (SSSR count). The van der Waals surface area contributed by atoms with E-state index in [4.69, 9.17) is 9.41 Å². The molecule has 1 aromatic carbocycles. The lowest BCUT2D eigenvalue weighted by atomic mass is 9.87. The van der Waals surface area contributed by atoms with Crippen LogP contribution >= 0.6 is 11.3 Å². The molecule has 34 heavy (non-hydrogen) atoms. The number of piperidine rings is 1. The molecule has 1 spiro atoms. The van der Waals surface area contributed by atoms with Gasteiger partial charge >= 0.3 is 6.03 Å². The predicted molar refractivity (Wildman–Crippen MR) is 130 cm³/mol. The topological polar surface area (TPSA) is 116 Å². The third-order valence-electron chi connectivity index (χ3n) is 6.23. The molecule has 2 aromatic heterocycles. The second-order valence-electron chi connectivity index (χ2n) is 8.43. The second kappa shape index (κ2) is 8.94. The third-order valence-corrected chi connectivity index (χ3v) is 7.32. The van der Waals surface area contributed by atoms with Crippen molar-refractivity contribution in [3.63, 3.8) is 0 Å². The molecule has 176 valence electrons. The van der Waals surface area contributed by atoms with E-state index >= 15 is 0 Å². The van der Waals surface area contributed by atoms with Crippen LogP contribution in [0.4, 0.5) is 9.80 Å². The Morgan fingerprint density at radius 3 is 2.76 bits per heavy atom. The number of thiophene rings is 1. The summed E-state index contributed by atoms with van der Waals surface area (Å²) in [4.78, 5) is 45.1. The van der Waals surface area contributed by atoms with Gasteiger partial charge in [-0.05, 0) is 37.5 Å². The molecule has 0 aliphatic carbocycles. The Morgan fingerprint density at radius 1 is 1.24 bits per heavy atom. The number of urea groups is 1. The maximum Gasteiger partial charge on any atom is 0.319 e. The van der Waals surface area contributed by atoms with Crippen molar-refractivity contribution >= 4 is 50.1 Å².